The Morgan fingerprint density at radius 2 is 1.94 bits per heavy atom. The summed E-state index contributed by atoms with van der Waals surface area (Å²) in [4.78, 5) is 33.9. The van der Waals surface area contributed by atoms with Crippen molar-refractivity contribution in [2.75, 3.05) is 6.54 Å². The number of amides is 1. The Labute approximate surface area is 182 Å². The van der Waals surface area contributed by atoms with Crippen LogP contribution in [-0.4, -0.2) is 36.8 Å². The van der Waals surface area contributed by atoms with Gasteiger partial charge in [-0.1, -0.05) is 30.3 Å². The van der Waals surface area contributed by atoms with Crippen molar-refractivity contribution in [3.8, 4) is 22.0 Å². The van der Waals surface area contributed by atoms with Crippen LogP contribution in [0.4, 0.5) is 0 Å². The molecule has 0 atom stereocenters. The van der Waals surface area contributed by atoms with Crippen molar-refractivity contribution in [3.05, 3.63) is 76.4 Å². The molecule has 4 aromatic rings. The fraction of sp³-hybridized carbons (Fsp3) is 0.227. The van der Waals surface area contributed by atoms with Crippen LogP contribution in [0.2, 0.25) is 0 Å². The molecule has 0 unspecified atom stereocenters. The van der Waals surface area contributed by atoms with E-state index in [1.165, 1.54) is 16.0 Å². The lowest BCUT2D eigenvalue weighted by Gasteiger charge is -2.02. The van der Waals surface area contributed by atoms with E-state index in [9.17, 15) is 9.59 Å². The second-order valence-electron chi connectivity index (χ2n) is 7.33. The van der Waals surface area contributed by atoms with Gasteiger partial charge in [-0.25, -0.2) is 14.5 Å². The van der Waals surface area contributed by atoms with Crippen molar-refractivity contribution in [3.63, 3.8) is 0 Å². The van der Waals surface area contributed by atoms with Crippen LogP contribution >= 0.6 is 11.3 Å². The maximum Gasteiger partial charge on any atom is 0.346 e. The number of benzene rings is 1. The molecule has 1 aromatic carbocycles. The van der Waals surface area contributed by atoms with Crippen molar-refractivity contribution in [2.24, 2.45) is 0 Å². The van der Waals surface area contributed by atoms with Crippen molar-refractivity contribution in [1.29, 1.82) is 0 Å². The molecule has 5 rings (SSSR count). The highest BCUT2D eigenvalue weighted by Gasteiger charge is 2.30. The van der Waals surface area contributed by atoms with Gasteiger partial charge in [0.05, 0.1) is 6.54 Å². The molecule has 8 nitrogen and oxygen atoms in total. The van der Waals surface area contributed by atoms with Crippen LogP contribution in [0.15, 0.2) is 65.0 Å². The molecule has 3 aromatic heterocycles. The summed E-state index contributed by atoms with van der Waals surface area (Å²) in [6, 6.07) is 13.7. The quantitative estimate of drug-likeness (QED) is 0.484. The van der Waals surface area contributed by atoms with Crippen LogP contribution in [-0.2, 0) is 6.54 Å². The average Bonchev–Trinajstić information content (AvgIpc) is 3.42. The van der Waals surface area contributed by atoms with Crippen LogP contribution in [0.5, 0.6) is 0 Å². The van der Waals surface area contributed by atoms with E-state index in [0.717, 1.165) is 29.0 Å². The molecule has 9 heteroatoms. The highest BCUT2D eigenvalue weighted by Crippen LogP contribution is 2.36. The fourth-order valence-corrected chi connectivity index (χ4v) is 4.18. The smallest absolute Gasteiger partial charge is 0.346 e. The number of rotatable bonds is 7. The third-order valence-corrected chi connectivity index (χ3v) is 5.96. The second kappa shape index (κ2) is 8.27. The van der Waals surface area contributed by atoms with E-state index in [4.69, 9.17) is 0 Å². The highest BCUT2D eigenvalue weighted by atomic mass is 32.1. The zero-order valence-corrected chi connectivity index (χ0v) is 17.5. The third kappa shape index (κ3) is 4.04. The van der Waals surface area contributed by atoms with Crippen molar-refractivity contribution < 1.29 is 4.79 Å². The predicted octanol–water partition coefficient (Wildman–Crippen LogP) is 3.00. The third-order valence-electron chi connectivity index (χ3n) is 5.07. The van der Waals surface area contributed by atoms with Crippen LogP contribution in [0.3, 0.4) is 0 Å². The average molecular weight is 433 g/mol. The summed E-state index contributed by atoms with van der Waals surface area (Å²) in [6.07, 6.45) is 5.35. The summed E-state index contributed by atoms with van der Waals surface area (Å²) in [5.74, 6) is 0.361. The van der Waals surface area contributed by atoms with Crippen LogP contribution in [0, 0.1) is 0 Å². The number of hydrogen-bond acceptors (Lipinski definition) is 6. The summed E-state index contributed by atoms with van der Waals surface area (Å²) in [5, 5.41) is 9.89. The van der Waals surface area contributed by atoms with Gasteiger partial charge in [0.1, 0.15) is 10.7 Å². The minimum absolute atomic E-state index is 0.157. The number of carbonyl (C=O) groups is 1. The van der Waals surface area contributed by atoms with E-state index in [1.807, 2.05) is 42.5 Å². The zero-order valence-electron chi connectivity index (χ0n) is 16.6. The molecule has 1 amide bonds. The molecule has 156 valence electrons. The maximum absolute atomic E-state index is 12.9. The number of nitrogens with zero attached hydrogens (tertiary/aromatic N) is 5. The van der Waals surface area contributed by atoms with Crippen LogP contribution in [0.1, 0.15) is 29.4 Å². The first-order chi connectivity index (χ1) is 15.2. The van der Waals surface area contributed by atoms with Gasteiger partial charge in [-0.3, -0.25) is 14.3 Å². The van der Waals surface area contributed by atoms with Crippen molar-refractivity contribution in [2.45, 2.75) is 25.4 Å². The molecular weight excluding hydrogens is 412 g/mol. The minimum atomic E-state index is -0.263. The number of aromatic nitrogens is 5. The van der Waals surface area contributed by atoms with E-state index < -0.39 is 0 Å². The second-order valence-corrected chi connectivity index (χ2v) is 8.19. The van der Waals surface area contributed by atoms with Gasteiger partial charge in [0.2, 0.25) is 0 Å². The Balaban J connectivity index is 1.27. The van der Waals surface area contributed by atoms with Gasteiger partial charge < -0.3 is 5.32 Å². The largest absolute Gasteiger partial charge is 0.349 e. The van der Waals surface area contributed by atoms with E-state index in [2.05, 4.69) is 20.4 Å². The van der Waals surface area contributed by atoms with Gasteiger partial charge >= 0.3 is 5.69 Å². The highest BCUT2D eigenvalue weighted by molar-refractivity contribution is 7.13. The van der Waals surface area contributed by atoms with E-state index in [-0.39, 0.29) is 30.7 Å². The molecule has 0 aliphatic heterocycles. The molecular formula is C22H20N6O2S. The molecule has 0 saturated heterocycles. The normalized spacial score (nSPS) is 13.3. The molecule has 1 fully saturated rings. The minimum Gasteiger partial charge on any atom is -0.349 e. The van der Waals surface area contributed by atoms with E-state index in [0.29, 0.717) is 11.5 Å². The molecule has 0 bridgehead atoms. The molecule has 0 spiro atoms. The Hall–Kier alpha value is -3.59. The first-order valence-corrected chi connectivity index (χ1v) is 11.0. The fourth-order valence-electron chi connectivity index (χ4n) is 3.38. The number of carbonyl (C=O) groups excluding carboxylic acids is 1. The number of pyridine rings is 1. The van der Waals surface area contributed by atoms with E-state index >= 15 is 0 Å². The zero-order chi connectivity index (χ0) is 21.2. The Kier molecular flexibility index (Phi) is 5.17. The Morgan fingerprint density at radius 1 is 1.13 bits per heavy atom. The molecule has 3 heterocycles. The van der Waals surface area contributed by atoms with Crippen LogP contribution < -0.4 is 11.0 Å². The molecule has 31 heavy (non-hydrogen) atoms. The van der Waals surface area contributed by atoms with Gasteiger partial charge in [0.25, 0.3) is 5.91 Å². The lowest BCUT2D eigenvalue weighted by Crippen LogP contribution is -2.32. The molecule has 1 saturated carbocycles. The van der Waals surface area contributed by atoms with E-state index in [1.54, 1.807) is 22.3 Å². The van der Waals surface area contributed by atoms with Crippen LogP contribution in [0.25, 0.3) is 22.0 Å². The predicted molar refractivity (Wildman–Crippen MR) is 118 cm³/mol. The van der Waals surface area contributed by atoms with Crippen molar-refractivity contribution >= 4 is 17.2 Å². The molecule has 1 aliphatic rings. The summed E-state index contributed by atoms with van der Waals surface area (Å²) < 4.78 is 3.16. The summed E-state index contributed by atoms with van der Waals surface area (Å²) in [5.41, 5.74) is 2.00. The van der Waals surface area contributed by atoms with Gasteiger partial charge in [0, 0.05) is 41.5 Å². The Morgan fingerprint density at radius 3 is 2.68 bits per heavy atom. The number of hydrogen-bond donors (Lipinski definition) is 1. The summed E-state index contributed by atoms with van der Waals surface area (Å²) in [7, 11) is 0. The van der Waals surface area contributed by atoms with Gasteiger partial charge in [-0.2, -0.15) is 0 Å². The Bertz CT molecular complexity index is 1260. The standard InChI is InChI=1S/C22H20N6O2S/c29-20(18-14-31-21(25-18)15-5-2-1-3-6-15)24-11-12-27-22(30)28(17-8-9-17)19(26-27)16-7-4-10-23-13-16/h1-7,10,13-14,17H,8-9,11-12H2,(H,24,29). The summed E-state index contributed by atoms with van der Waals surface area (Å²) in [6.45, 7) is 0.568. The molecule has 1 aliphatic carbocycles. The first-order valence-electron chi connectivity index (χ1n) is 10.1. The van der Waals surface area contributed by atoms with Gasteiger partial charge in [0.15, 0.2) is 5.82 Å². The van der Waals surface area contributed by atoms with Gasteiger partial charge in [-0.05, 0) is 25.0 Å². The topological polar surface area (TPSA) is 94.7 Å². The lowest BCUT2D eigenvalue weighted by molar-refractivity contribution is 0.0947. The maximum atomic E-state index is 12.9. The number of thiazole rings is 1. The SMILES string of the molecule is O=C(NCCn1nc(-c2cccnc2)n(C2CC2)c1=O)c1csc(-c2ccccc2)n1. The monoisotopic (exact) mass is 432 g/mol. The first kappa shape index (κ1) is 19.4. The van der Waals surface area contributed by atoms with Gasteiger partial charge in [-0.15, -0.1) is 16.4 Å². The molecule has 1 N–H and O–H groups in total. The van der Waals surface area contributed by atoms with Crippen molar-refractivity contribution in [1.82, 2.24) is 29.6 Å². The molecule has 0 radical (unpaired) electrons. The summed E-state index contributed by atoms with van der Waals surface area (Å²) >= 11 is 1.43. The lowest BCUT2D eigenvalue weighted by atomic mass is 10.2. The number of nitrogens with one attached hydrogen (secondary N) is 1.